The third-order valence-electron chi connectivity index (χ3n) is 2.99. The molecule has 0 radical (unpaired) electrons. The van der Waals surface area contributed by atoms with Crippen molar-refractivity contribution in [2.45, 2.75) is 32.1 Å². The number of hydrogen-bond acceptors (Lipinski definition) is 2. The maximum atomic E-state index is 11.4. The highest BCUT2D eigenvalue weighted by atomic mass is 16.3. The molecule has 0 aliphatic heterocycles. The van der Waals surface area contributed by atoms with E-state index in [-0.39, 0.29) is 5.91 Å². The van der Waals surface area contributed by atoms with Gasteiger partial charge in [-0.3, -0.25) is 4.79 Å². The van der Waals surface area contributed by atoms with Crippen LogP contribution < -0.4 is 5.32 Å². The monoisotopic (exact) mass is 207 g/mol. The molecule has 82 valence electrons. The van der Waals surface area contributed by atoms with Crippen LogP contribution >= 0.6 is 0 Å². The molecule has 0 unspecified atom stereocenters. The molecule has 1 aromatic heterocycles. The second-order valence-corrected chi connectivity index (χ2v) is 4.18. The Morgan fingerprint density at radius 1 is 1.53 bits per heavy atom. The predicted molar refractivity (Wildman–Crippen MR) is 57.4 cm³/mol. The Balaban J connectivity index is 1.60. The second-order valence-electron chi connectivity index (χ2n) is 4.18. The molecule has 1 aliphatic carbocycles. The standard InChI is InChI=1S/C12H17NO2/c14-12(13-9-10-3-1-4-10)7-6-11-5-2-8-15-11/h2,5,8,10H,1,3-4,6-7,9H2,(H,13,14). The van der Waals surface area contributed by atoms with Gasteiger partial charge in [0.2, 0.25) is 5.91 Å². The maximum absolute atomic E-state index is 11.4. The largest absolute Gasteiger partial charge is 0.469 e. The van der Waals surface area contributed by atoms with E-state index in [0.29, 0.717) is 12.8 Å². The second kappa shape index (κ2) is 5.01. The van der Waals surface area contributed by atoms with E-state index in [1.165, 1.54) is 19.3 Å². The molecule has 15 heavy (non-hydrogen) atoms. The molecule has 0 bridgehead atoms. The molecule has 0 atom stereocenters. The van der Waals surface area contributed by atoms with Gasteiger partial charge in [-0.15, -0.1) is 0 Å². The zero-order chi connectivity index (χ0) is 10.5. The number of carbonyl (C=O) groups is 1. The van der Waals surface area contributed by atoms with Crippen molar-refractivity contribution in [3.8, 4) is 0 Å². The van der Waals surface area contributed by atoms with Crippen molar-refractivity contribution >= 4 is 5.91 Å². The Kier molecular flexibility index (Phi) is 3.43. The molecular formula is C12H17NO2. The molecule has 1 fully saturated rings. The topological polar surface area (TPSA) is 42.2 Å². The predicted octanol–water partition coefficient (Wildman–Crippen LogP) is 2.13. The van der Waals surface area contributed by atoms with E-state index in [1.54, 1.807) is 6.26 Å². The lowest BCUT2D eigenvalue weighted by Gasteiger charge is -2.25. The van der Waals surface area contributed by atoms with Crippen LogP contribution in [0.3, 0.4) is 0 Å². The Morgan fingerprint density at radius 2 is 2.40 bits per heavy atom. The number of furan rings is 1. The van der Waals surface area contributed by atoms with Gasteiger partial charge >= 0.3 is 0 Å². The van der Waals surface area contributed by atoms with Gasteiger partial charge in [-0.2, -0.15) is 0 Å². The highest BCUT2D eigenvalue weighted by molar-refractivity contribution is 5.76. The molecular weight excluding hydrogens is 190 g/mol. The molecule has 3 heteroatoms. The highest BCUT2D eigenvalue weighted by Crippen LogP contribution is 2.25. The molecule has 3 nitrogen and oxygen atoms in total. The number of hydrogen-bond donors (Lipinski definition) is 1. The summed E-state index contributed by atoms with van der Waals surface area (Å²) in [5.74, 6) is 1.75. The van der Waals surface area contributed by atoms with Crippen molar-refractivity contribution in [3.63, 3.8) is 0 Å². The molecule has 1 saturated carbocycles. The van der Waals surface area contributed by atoms with E-state index in [9.17, 15) is 4.79 Å². The average molecular weight is 207 g/mol. The van der Waals surface area contributed by atoms with Gasteiger partial charge in [0.15, 0.2) is 0 Å². The van der Waals surface area contributed by atoms with Crippen molar-refractivity contribution in [2.75, 3.05) is 6.54 Å². The summed E-state index contributed by atoms with van der Waals surface area (Å²) in [7, 11) is 0. The third-order valence-corrected chi connectivity index (χ3v) is 2.99. The lowest BCUT2D eigenvalue weighted by Crippen LogP contribution is -2.32. The van der Waals surface area contributed by atoms with Gasteiger partial charge in [-0.25, -0.2) is 0 Å². The summed E-state index contributed by atoms with van der Waals surface area (Å²) >= 11 is 0. The van der Waals surface area contributed by atoms with Gasteiger partial charge in [-0.05, 0) is 30.9 Å². The lowest BCUT2D eigenvalue weighted by atomic mass is 9.85. The first kappa shape index (κ1) is 10.3. The van der Waals surface area contributed by atoms with Gasteiger partial charge in [-0.1, -0.05) is 6.42 Å². The van der Waals surface area contributed by atoms with E-state index in [0.717, 1.165) is 18.2 Å². The van der Waals surface area contributed by atoms with Crippen LogP contribution in [0.2, 0.25) is 0 Å². The van der Waals surface area contributed by atoms with Crippen molar-refractivity contribution in [2.24, 2.45) is 5.92 Å². The Morgan fingerprint density at radius 3 is 3.00 bits per heavy atom. The van der Waals surface area contributed by atoms with Gasteiger partial charge in [0.25, 0.3) is 0 Å². The van der Waals surface area contributed by atoms with Crippen LogP contribution in [0.25, 0.3) is 0 Å². The average Bonchev–Trinajstić information content (AvgIpc) is 2.64. The molecule has 0 spiro atoms. The zero-order valence-electron chi connectivity index (χ0n) is 8.87. The fourth-order valence-corrected chi connectivity index (χ4v) is 1.74. The van der Waals surface area contributed by atoms with Gasteiger partial charge in [0.1, 0.15) is 5.76 Å². The van der Waals surface area contributed by atoms with E-state index in [1.807, 2.05) is 12.1 Å². The lowest BCUT2D eigenvalue weighted by molar-refractivity contribution is -0.121. The molecule has 0 saturated heterocycles. The van der Waals surface area contributed by atoms with Crippen LogP contribution in [0.4, 0.5) is 0 Å². The molecule has 2 rings (SSSR count). The van der Waals surface area contributed by atoms with Crippen LogP contribution in [0.5, 0.6) is 0 Å². The fourth-order valence-electron chi connectivity index (χ4n) is 1.74. The minimum absolute atomic E-state index is 0.137. The molecule has 1 amide bonds. The number of aryl methyl sites for hydroxylation is 1. The summed E-state index contributed by atoms with van der Waals surface area (Å²) in [5.41, 5.74) is 0. The fraction of sp³-hybridized carbons (Fsp3) is 0.583. The first-order valence-corrected chi connectivity index (χ1v) is 5.63. The minimum Gasteiger partial charge on any atom is -0.469 e. The van der Waals surface area contributed by atoms with Crippen LogP contribution in [0.1, 0.15) is 31.4 Å². The van der Waals surface area contributed by atoms with Crippen LogP contribution in [0, 0.1) is 5.92 Å². The SMILES string of the molecule is O=C(CCc1ccco1)NCC1CCC1. The molecule has 1 N–H and O–H groups in total. The summed E-state index contributed by atoms with van der Waals surface area (Å²) in [6.07, 6.45) is 6.75. The summed E-state index contributed by atoms with van der Waals surface area (Å²) in [5, 5.41) is 2.97. The summed E-state index contributed by atoms with van der Waals surface area (Å²) in [6, 6.07) is 3.75. The van der Waals surface area contributed by atoms with Crippen LogP contribution in [-0.2, 0) is 11.2 Å². The quantitative estimate of drug-likeness (QED) is 0.803. The van der Waals surface area contributed by atoms with Gasteiger partial charge in [0.05, 0.1) is 6.26 Å². The van der Waals surface area contributed by atoms with Crippen molar-refractivity contribution in [3.05, 3.63) is 24.2 Å². The summed E-state index contributed by atoms with van der Waals surface area (Å²) in [6.45, 7) is 0.858. The summed E-state index contributed by atoms with van der Waals surface area (Å²) in [4.78, 5) is 11.4. The Bertz CT molecular complexity index is 301. The minimum atomic E-state index is 0.137. The Hall–Kier alpha value is -1.25. The smallest absolute Gasteiger partial charge is 0.220 e. The van der Waals surface area contributed by atoms with Crippen LogP contribution in [-0.4, -0.2) is 12.5 Å². The number of rotatable bonds is 5. The normalized spacial score (nSPS) is 16.0. The van der Waals surface area contributed by atoms with E-state index in [2.05, 4.69) is 5.32 Å². The number of carbonyl (C=O) groups excluding carboxylic acids is 1. The maximum Gasteiger partial charge on any atom is 0.220 e. The van der Waals surface area contributed by atoms with E-state index < -0.39 is 0 Å². The van der Waals surface area contributed by atoms with Crippen molar-refractivity contribution < 1.29 is 9.21 Å². The van der Waals surface area contributed by atoms with Gasteiger partial charge in [0, 0.05) is 19.4 Å². The number of nitrogens with one attached hydrogen (secondary N) is 1. The first-order valence-electron chi connectivity index (χ1n) is 5.63. The number of amides is 1. The highest BCUT2D eigenvalue weighted by Gasteiger charge is 2.17. The van der Waals surface area contributed by atoms with Crippen molar-refractivity contribution in [1.29, 1.82) is 0 Å². The summed E-state index contributed by atoms with van der Waals surface area (Å²) < 4.78 is 5.16. The molecule has 0 aromatic carbocycles. The van der Waals surface area contributed by atoms with Crippen molar-refractivity contribution in [1.82, 2.24) is 5.32 Å². The molecule has 1 heterocycles. The first-order chi connectivity index (χ1) is 7.34. The van der Waals surface area contributed by atoms with E-state index in [4.69, 9.17) is 4.42 Å². The van der Waals surface area contributed by atoms with Gasteiger partial charge < -0.3 is 9.73 Å². The Labute approximate surface area is 89.9 Å². The molecule has 1 aromatic rings. The van der Waals surface area contributed by atoms with Crippen LogP contribution in [0.15, 0.2) is 22.8 Å². The third kappa shape index (κ3) is 3.11. The molecule has 1 aliphatic rings. The van der Waals surface area contributed by atoms with E-state index >= 15 is 0 Å². The zero-order valence-corrected chi connectivity index (χ0v) is 8.87.